The number of carbonyl (C=O) groups is 2. The van der Waals surface area contributed by atoms with E-state index in [-0.39, 0.29) is 24.8 Å². The number of nitrogens with zero attached hydrogens (tertiary/aromatic N) is 10. The van der Waals surface area contributed by atoms with Crippen LogP contribution < -0.4 is 0 Å². The summed E-state index contributed by atoms with van der Waals surface area (Å²) in [6, 6.07) is 19.9. The Hall–Kier alpha value is -8.08. The first kappa shape index (κ1) is 49.8. The molecule has 0 fully saturated rings. The van der Waals surface area contributed by atoms with Crippen molar-refractivity contribution in [2.24, 2.45) is 0 Å². The van der Waals surface area contributed by atoms with Crippen molar-refractivity contribution < 1.29 is 19.8 Å². The average molecular weight is 937 g/mol. The van der Waals surface area contributed by atoms with Crippen LogP contribution >= 0.6 is 0 Å². The zero-order chi connectivity index (χ0) is 48.6. The molecule has 4 aliphatic rings. The van der Waals surface area contributed by atoms with Gasteiger partial charge in [0.1, 0.15) is 11.4 Å². The maximum absolute atomic E-state index is 12.1. The topological polar surface area (TPSA) is 235 Å². The number of Topliss-reactive ketones (excluding diaryl/α,β-unsaturated/α-hetero) is 2. The van der Waals surface area contributed by atoms with Gasteiger partial charge in [-0.1, -0.05) is 60.7 Å². The number of imidazole rings is 2. The summed E-state index contributed by atoms with van der Waals surface area (Å²) >= 11 is 0. The number of hydrogen-bond donors (Lipinski definition) is 4. The number of aliphatic hydroxyl groups excluding tert-OH is 2. The van der Waals surface area contributed by atoms with Crippen LogP contribution in [0.5, 0.6) is 0 Å². The standard InChI is InChI=1S/C15H14N2.C12H10N4O.C8H8N2O.C8H10N2.C7H8O.C4H6N2O/c1-2-5-12(6-3-1)11-13-7-4-8-14-15(13)17-10-9-16-14;17-12-8(5-9-6-13-7-16-9)1-2-10-11(12)15-4-3-14-10;11-7-3-1-2-6-8(7)10-5-4-9-6;1-2-4-8-7(3-1)9-5-6-10-8;8-6-7-4-2-1-3-5-7;7-2-4-1-5-3-6-4/h1-3,5-6,9-11H,4,7-8H2;3-7H,1-2H2,(H,13,16);4-5H,1-3H2;5-6H,1-4H2;1-5,8H,6H2;1,3,7H,2H2,(H,5,6)/b13-11+;8-5+;;;;. The van der Waals surface area contributed by atoms with Gasteiger partial charge in [-0.15, -0.1) is 0 Å². The summed E-state index contributed by atoms with van der Waals surface area (Å²) in [4.78, 5) is 70.3. The number of fused-ring (bicyclic) bond motifs is 4. The van der Waals surface area contributed by atoms with E-state index in [1.807, 2.05) is 42.5 Å². The van der Waals surface area contributed by atoms with Crippen LogP contribution in [0.3, 0.4) is 0 Å². The third-order valence-electron chi connectivity index (χ3n) is 11.4. The number of carbonyl (C=O) groups excluding carboxylic acids is 2. The van der Waals surface area contributed by atoms with Gasteiger partial charge < -0.3 is 20.2 Å². The minimum absolute atomic E-state index is 0.0334. The number of rotatable bonds is 4. The van der Waals surface area contributed by atoms with E-state index in [2.05, 4.69) is 90.1 Å². The molecule has 0 amide bonds. The van der Waals surface area contributed by atoms with Crippen molar-refractivity contribution >= 4 is 29.3 Å². The maximum atomic E-state index is 12.1. The van der Waals surface area contributed by atoms with Gasteiger partial charge in [-0.2, -0.15) is 0 Å². The molecule has 16 nitrogen and oxygen atoms in total. The quantitative estimate of drug-likeness (QED) is 0.122. The Bertz CT molecular complexity index is 2880. The summed E-state index contributed by atoms with van der Waals surface area (Å²) in [5.74, 6) is 0.105. The third-order valence-corrected chi connectivity index (χ3v) is 11.4. The van der Waals surface area contributed by atoms with Crippen LogP contribution in [0, 0.1) is 0 Å². The number of aromatic nitrogens is 12. The zero-order valence-corrected chi connectivity index (χ0v) is 38.9. The van der Waals surface area contributed by atoms with E-state index < -0.39 is 0 Å². The highest BCUT2D eigenvalue weighted by atomic mass is 16.3. The molecule has 0 spiro atoms. The van der Waals surface area contributed by atoms with Crippen molar-refractivity contribution in [3.63, 3.8) is 0 Å². The smallest absolute Gasteiger partial charge is 0.209 e. The van der Waals surface area contributed by atoms with Gasteiger partial charge >= 0.3 is 0 Å². The average Bonchev–Trinajstić information content (AvgIpc) is 4.17. The number of aromatic amines is 2. The van der Waals surface area contributed by atoms with E-state index in [1.54, 1.807) is 68.3 Å². The molecule has 4 aliphatic carbocycles. The number of hydrogen-bond acceptors (Lipinski definition) is 14. The van der Waals surface area contributed by atoms with Crippen molar-refractivity contribution in [1.82, 2.24) is 59.8 Å². The molecule has 12 rings (SSSR count). The predicted octanol–water partition coefficient (Wildman–Crippen LogP) is 8.20. The fraction of sp³-hybridized carbons (Fsp3) is 0.259. The first-order valence-corrected chi connectivity index (χ1v) is 23.4. The summed E-state index contributed by atoms with van der Waals surface area (Å²) in [5.41, 5.74) is 13.2. The number of ketones is 2. The second kappa shape index (κ2) is 27.1. The number of H-pyrrole nitrogens is 2. The summed E-state index contributed by atoms with van der Waals surface area (Å²) in [6.45, 7) is 0.181. The van der Waals surface area contributed by atoms with Crippen molar-refractivity contribution in [3.8, 4) is 0 Å². The van der Waals surface area contributed by atoms with Gasteiger partial charge in [-0.05, 0) is 99.5 Å². The number of benzene rings is 2. The fourth-order valence-corrected chi connectivity index (χ4v) is 7.87. The lowest BCUT2D eigenvalue weighted by Gasteiger charge is -2.16. The molecule has 0 atom stereocenters. The molecule has 6 aromatic heterocycles. The molecule has 8 aromatic rings. The second-order valence-corrected chi connectivity index (χ2v) is 16.3. The van der Waals surface area contributed by atoms with Crippen LogP contribution in [-0.2, 0) is 45.3 Å². The summed E-state index contributed by atoms with van der Waals surface area (Å²) in [7, 11) is 0. The van der Waals surface area contributed by atoms with E-state index in [0.717, 1.165) is 90.2 Å². The Morgan fingerprint density at radius 2 is 0.986 bits per heavy atom. The Balaban J connectivity index is 0.000000128. The zero-order valence-electron chi connectivity index (χ0n) is 38.9. The van der Waals surface area contributed by atoms with Gasteiger partial charge in [0.2, 0.25) is 5.78 Å². The highest BCUT2D eigenvalue weighted by Crippen LogP contribution is 2.29. The van der Waals surface area contributed by atoms with Crippen molar-refractivity contribution in [1.29, 1.82) is 0 Å². The lowest BCUT2D eigenvalue weighted by atomic mass is 9.93. The molecule has 0 bridgehead atoms. The SMILES string of the molecule is C(=C1/CCCc2nccnc21)/c1ccccc1.O=C1/C(=C/c2cnc[nH]2)CCc2nccnc21.O=C1CCCc2nccnc21.OCc1ccccc1.OCc1cnc[nH]1.c1cnc2c(n1)CCCC2. The van der Waals surface area contributed by atoms with E-state index in [0.29, 0.717) is 24.2 Å². The van der Waals surface area contributed by atoms with Crippen molar-refractivity contribution in [2.45, 2.75) is 90.3 Å². The minimum Gasteiger partial charge on any atom is -0.392 e. The molecular weight excluding hydrogens is 881 g/mol. The van der Waals surface area contributed by atoms with Gasteiger partial charge in [-0.3, -0.25) is 39.5 Å². The molecule has 4 N–H and O–H groups in total. The highest BCUT2D eigenvalue weighted by Gasteiger charge is 2.24. The van der Waals surface area contributed by atoms with E-state index in [1.165, 1.54) is 48.1 Å². The lowest BCUT2D eigenvalue weighted by molar-refractivity contribution is 0.0965. The van der Waals surface area contributed by atoms with Gasteiger partial charge in [0, 0.05) is 61.6 Å². The molecule has 0 unspecified atom stereocenters. The Kier molecular flexibility index (Phi) is 19.3. The minimum atomic E-state index is -0.0334. The largest absolute Gasteiger partial charge is 0.392 e. The molecule has 16 heteroatoms. The van der Waals surface area contributed by atoms with Crippen LogP contribution in [0.25, 0.3) is 17.7 Å². The normalized spacial score (nSPS) is 15.1. The van der Waals surface area contributed by atoms with Crippen LogP contribution in [0.15, 0.2) is 141 Å². The molecule has 356 valence electrons. The van der Waals surface area contributed by atoms with Crippen molar-refractivity contribution in [2.75, 3.05) is 0 Å². The van der Waals surface area contributed by atoms with Gasteiger partial charge in [-0.25, -0.2) is 19.9 Å². The summed E-state index contributed by atoms with van der Waals surface area (Å²) in [5, 5.41) is 16.9. The van der Waals surface area contributed by atoms with E-state index >= 15 is 0 Å². The molecule has 2 aromatic carbocycles. The Morgan fingerprint density at radius 3 is 1.54 bits per heavy atom. The maximum Gasteiger partial charge on any atom is 0.209 e. The van der Waals surface area contributed by atoms with Crippen LogP contribution in [0.4, 0.5) is 0 Å². The number of aryl methyl sites for hydroxylation is 5. The Labute approximate surface area is 406 Å². The summed E-state index contributed by atoms with van der Waals surface area (Å²) in [6.07, 6.45) is 36.0. The first-order valence-electron chi connectivity index (χ1n) is 23.4. The van der Waals surface area contributed by atoms with Gasteiger partial charge in [0.05, 0.1) is 83.8 Å². The van der Waals surface area contributed by atoms with E-state index in [9.17, 15) is 9.59 Å². The lowest BCUT2D eigenvalue weighted by Crippen LogP contribution is -2.17. The molecule has 70 heavy (non-hydrogen) atoms. The molecule has 0 aliphatic heterocycles. The molecule has 0 saturated heterocycles. The second-order valence-electron chi connectivity index (χ2n) is 16.3. The predicted molar refractivity (Wildman–Crippen MR) is 265 cm³/mol. The summed E-state index contributed by atoms with van der Waals surface area (Å²) < 4.78 is 0. The molecule has 6 heterocycles. The van der Waals surface area contributed by atoms with Gasteiger partial charge in [0.15, 0.2) is 5.78 Å². The molecule has 0 radical (unpaired) electrons. The third kappa shape index (κ3) is 15.0. The fourth-order valence-electron chi connectivity index (χ4n) is 7.87. The monoisotopic (exact) mass is 936 g/mol. The first-order chi connectivity index (χ1) is 34.5. The van der Waals surface area contributed by atoms with E-state index in [4.69, 9.17) is 10.2 Å². The van der Waals surface area contributed by atoms with Crippen molar-refractivity contribution in [3.05, 3.63) is 209 Å². The highest BCUT2D eigenvalue weighted by molar-refractivity contribution is 6.11. The Morgan fingerprint density at radius 1 is 0.457 bits per heavy atom. The molecule has 0 saturated carbocycles. The van der Waals surface area contributed by atoms with Gasteiger partial charge in [0.25, 0.3) is 0 Å². The number of aliphatic hydroxyl groups is 2. The number of nitrogens with one attached hydrogen (secondary N) is 2. The van der Waals surface area contributed by atoms with Crippen LogP contribution in [0.1, 0.15) is 123 Å². The van der Waals surface area contributed by atoms with Crippen LogP contribution in [0.2, 0.25) is 0 Å². The number of allylic oxidation sites excluding steroid dienone is 2. The molecular formula is C54H56N12O4. The van der Waals surface area contributed by atoms with Crippen LogP contribution in [-0.4, -0.2) is 81.6 Å².